The standard InChI is InChI=1S/C22H18F2N4O/c1-27-15-25-22(26-27)14-28(19-12-16(23)11-17(24)13-19)18-7-9-21(10-8-18)29-20-5-3-2-4-6-20/h2-13,15H,14H2,1H3. The highest BCUT2D eigenvalue weighted by atomic mass is 19.1. The monoisotopic (exact) mass is 392 g/mol. The van der Waals surface area contributed by atoms with Crippen molar-refractivity contribution in [2.24, 2.45) is 7.05 Å². The first-order valence-corrected chi connectivity index (χ1v) is 8.98. The molecule has 0 aliphatic carbocycles. The highest BCUT2D eigenvalue weighted by Crippen LogP contribution is 2.31. The predicted octanol–water partition coefficient (Wildman–Crippen LogP) is 5.22. The largest absolute Gasteiger partial charge is 0.457 e. The van der Waals surface area contributed by atoms with Gasteiger partial charge in [-0.1, -0.05) is 18.2 Å². The fourth-order valence-electron chi connectivity index (χ4n) is 2.94. The van der Waals surface area contributed by atoms with E-state index in [-0.39, 0.29) is 6.54 Å². The number of aryl methyl sites for hydroxylation is 1. The van der Waals surface area contributed by atoms with Crippen LogP contribution in [0.2, 0.25) is 0 Å². The van der Waals surface area contributed by atoms with Crippen LogP contribution in [0.15, 0.2) is 79.1 Å². The van der Waals surface area contributed by atoms with Gasteiger partial charge in [-0.2, -0.15) is 5.10 Å². The van der Waals surface area contributed by atoms with E-state index in [1.165, 1.54) is 12.1 Å². The van der Waals surface area contributed by atoms with Gasteiger partial charge in [0.25, 0.3) is 0 Å². The first-order valence-electron chi connectivity index (χ1n) is 8.98. The lowest BCUT2D eigenvalue weighted by atomic mass is 10.2. The van der Waals surface area contributed by atoms with Crippen molar-refractivity contribution in [2.75, 3.05) is 4.90 Å². The molecule has 0 unspecified atom stereocenters. The second-order valence-electron chi connectivity index (χ2n) is 6.46. The zero-order valence-corrected chi connectivity index (χ0v) is 15.7. The first-order chi connectivity index (χ1) is 14.1. The Morgan fingerprint density at radius 2 is 1.52 bits per heavy atom. The van der Waals surface area contributed by atoms with E-state index in [0.29, 0.717) is 17.3 Å². The number of aromatic nitrogens is 3. The summed E-state index contributed by atoms with van der Waals surface area (Å²) in [6, 6.07) is 20.1. The second kappa shape index (κ2) is 8.10. The van der Waals surface area contributed by atoms with Crippen LogP contribution in [0.4, 0.5) is 20.2 Å². The maximum absolute atomic E-state index is 13.8. The van der Waals surface area contributed by atoms with Crippen molar-refractivity contribution in [2.45, 2.75) is 6.54 Å². The van der Waals surface area contributed by atoms with Crippen LogP contribution in [0, 0.1) is 11.6 Å². The minimum absolute atomic E-state index is 0.253. The van der Waals surface area contributed by atoms with Gasteiger partial charge in [-0.05, 0) is 48.5 Å². The third-order valence-electron chi connectivity index (χ3n) is 4.23. The molecule has 0 saturated carbocycles. The first kappa shape index (κ1) is 18.6. The maximum atomic E-state index is 13.8. The lowest BCUT2D eigenvalue weighted by Crippen LogP contribution is -2.18. The minimum atomic E-state index is -0.650. The van der Waals surface area contributed by atoms with Gasteiger partial charge in [-0.25, -0.2) is 13.8 Å². The van der Waals surface area contributed by atoms with Crippen LogP contribution in [0.1, 0.15) is 5.82 Å². The molecule has 0 radical (unpaired) electrons. The number of hydrogen-bond acceptors (Lipinski definition) is 4. The third-order valence-corrected chi connectivity index (χ3v) is 4.23. The van der Waals surface area contributed by atoms with Gasteiger partial charge in [0.1, 0.15) is 29.5 Å². The number of hydrogen-bond donors (Lipinski definition) is 0. The molecular weight excluding hydrogens is 374 g/mol. The Kier molecular flexibility index (Phi) is 5.20. The van der Waals surface area contributed by atoms with Gasteiger partial charge >= 0.3 is 0 Å². The van der Waals surface area contributed by atoms with Crippen molar-refractivity contribution in [3.05, 3.63) is 96.6 Å². The summed E-state index contributed by atoms with van der Waals surface area (Å²) in [5.74, 6) is 0.607. The number of rotatable bonds is 6. The molecule has 4 aromatic rings. The van der Waals surface area contributed by atoms with Crippen molar-refractivity contribution in [3.63, 3.8) is 0 Å². The molecule has 0 N–H and O–H groups in total. The number of halogens is 2. The molecule has 0 aliphatic rings. The van der Waals surface area contributed by atoms with E-state index >= 15 is 0 Å². The van der Waals surface area contributed by atoms with Crippen LogP contribution in [0.5, 0.6) is 11.5 Å². The van der Waals surface area contributed by atoms with E-state index in [0.717, 1.165) is 17.5 Å². The predicted molar refractivity (Wildman–Crippen MR) is 106 cm³/mol. The number of nitrogens with zero attached hydrogens (tertiary/aromatic N) is 4. The zero-order valence-electron chi connectivity index (χ0n) is 15.7. The van der Waals surface area contributed by atoms with Gasteiger partial charge in [0, 0.05) is 24.5 Å². The lowest BCUT2D eigenvalue weighted by Gasteiger charge is -2.24. The zero-order chi connectivity index (χ0) is 20.2. The van der Waals surface area contributed by atoms with Gasteiger partial charge in [0.2, 0.25) is 0 Å². The van der Waals surface area contributed by atoms with Crippen LogP contribution >= 0.6 is 0 Å². The maximum Gasteiger partial charge on any atom is 0.170 e. The molecule has 0 fully saturated rings. The molecule has 0 bridgehead atoms. The number of ether oxygens (including phenoxy) is 1. The molecule has 7 heteroatoms. The van der Waals surface area contributed by atoms with Gasteiger partial charge in [-0.15, -0.1) is 0 Å². The Labute approximate surface area is 166 Å². The third kappa shape index (κ3) is 4.57. The molecule has 4 rings (SSSR count). The van der Waals surface area contributed by atoms with Crippen molar-refractivity contribution in [1.82, 2.24) is 14.8 Å². The van der Waals surface area contributed by atoms with E-state index in [2.05, 4.69) is 10.1 Å². The summed E-state index contributed by atoms with van der Waals surface area (Å²) in [6.45, 7) is 0.253. The molecule has 0 spiro atoms. The van der Waals surface area contributed by atoms with Crippen molar-refractivity contribution in [3.8, 4) is 11.5 Å². The Morgan fingerprint density at radius 3 is 2.14 bits per heavy atom. The van der Waals surface area contributed by atoms with Crippen molar-refractivity contribution < 1.29 is 13.5 Å². The Balaban J connectivity index is 1.64. The van der Waals surface area contributed by atoms with E-state index < -0.39 is 11.6 Å². The summed E-state index contributed by atoms with van der Waals surface area (Å²) in [4.78, 5) is 5.97. The van der Waals surface area contributed by atoms with E-state index in [9.17, 15) is 8.78 Å². The quantitative estimate of drug-likeness (QED) is 0.451. The van der Waals surface area contributed by atoms with Crippen LogP contribution < -0.4 is 9.64 Å². The summed E-state index contributed by atoms with van der Waals surface area (Å²) >= 11 is 0. The highest BCUT2D eigenvalue weighted by Gasteiger charge is 2.15. The Morgan fingerprint density at radius 1 is 0.862 bits per heavy atom. The molecule has 0 amide bonds. The molecule has 0 atom stereocenters. The molecule has 0 aliphatic heterocycles. The second-order valence-corrected chi connectivity index (χ2v) is 6.46. The van der Waals surface area contributed by atoms with Crippen molar-refractivity contribution in [1.29, 1.82) is 0 Å². The minimum Gasteiger partial charge on any atom is -0.457 e. The number of para-hydroxylation sites is 1. The summed E-state index contributed by atoms with van der Waals surface area (Å²) in [5, 5.41) is 4.27. The average Bonchev–Trinajstić information content (AvgIpc) is 3.12. The Bertz CT molecular complexity index is 1080. The van der Waals surface area contributed by atoms with E-state index in [1.54, 1.807) is 35.1 Å². The van der Waals surface area contributed by atoms with E-state index in [1.807, 2.05) is 42.5 Å². The van der Waals surface area contributed by atoms with Crippen LogP contribution in [0.25, 0.3) is 0 Å². The molecule has 1 heterocycles. The molecule has 146 valence electrons. The molecular formula is C22H18F2N4O. The molecule has 29 heavy (non-hydrogen) atoms. The summed E-state index contributed by atoms with van der Waals surface area (Å²) in [7, 11) is 1.76. The topological polar surface area (TPSA) is 43.2 Å². The molecule has 5 nitrogen and oxygen atoms in total. The molecule has 1 aromatic heterocycles. The molecule has 3 aromatic carbocycles. The van der Waals surface area contributed by atoms with Crippen molar-refractivity contribution >= 4 is 11.4 Å². The van der Waals surface area contributed by atoms with Gasteiger partial charge < -0.3 is 9.64 Å². The van der Waals surface area contributed by atoms with Crippen LogP contribution in [-0.2, 0) is 13.6 Å². The van der Waals surface area contributed by atoms with E-state index in [4.69, 9.17) is 4.74 Å². The number of benzene rings is 3. The van der Waals surface area contributed by atoms with Gasteiger partial charge in [0.05, 0.1) is 6.54 Å². The highest BCUT2D eigenvalue weighted by molar-refractivity contribution is 5.64. The fraction of sp³-hybridized carbons (Fsp3) is 0.0909. The summed E-state index contributed by atoms with van der Waals surface area (Å²) in [6.07, 6.45) is 1.58. The summed E-state index contributed by atoms with van der Waals surface area (Å²) < 4.78 is 35.1. The van der Waals surface area contributed by atoms with Gasteiger partial charge in [-0.3, -0.25) is 4.68 Å². The van der Waals surface area contributed by atoms with Gasteiger partial charge in [0.15, 0.2) is 5.82 Å². The SMILES string of the molecule is Cn1cnc(CN(c2ccc(Oc3ccccc3)cc2)c2cc(F)cc(F)c2)n1. The average molecular weight is 392 g/mol. The molecule has 0 saturated heterocycles. The smallest absolute Gasteiger partial charge is 0.170 e. The normalized spacial score (nSPS) is 10.7. The fourth-order valence-corrected chi connectivity index (χ4v) is 2.94. The van der Waals surface area contributed by atoms with Crippen LogP contribution in [0.3, 0.4) is 0 Å². The number of anilines is 2. The Hall–Kier alpha value is -3.74. The van der Waals surface area contributed by atoms with Crippen LogP contribution in [-0.4, -0.2) is 14.8 Å². The lowest BCUT2D eigenvalue weighted by molar-refractivity contribution is 0.482. The summed E-state index contributed by atoms with van der Waals surface area (Å²) in [5.41, 5.74) is 1.09.